The highest BCUT2D eigenvalue weighted by Crippen LogP contribution is 2.23. The predicted octanol–water partition coefficient (Wildman–Crippen LogP) is 5.27. The van der Waals surface area contributed by atoms with Crippen molar-refractivity contribution in [1.82, 2.24) is 0 Å². The van der Waals surface area contributed by atoms with Crippen molar-refractivity contribution in [3.63, 3.8) is 0 Å². The van der Waals surface area contributed by atoms with Gasteiger partial charge in [0.05, 0.1) is 7.11 Å². The fourth-order valence-corrected chi connectivity index (χ4v) is 2.87. The van der Waals surface area contributed by atoms with Crippen molar-refractivity contribution >= 4 is 5.97 Å². The van der Waals surface area contributed by atoms with Gasteiger partial charge in [-0.3, -0.25) is 4.79 Å². The van der Waals surface area contributed by atoms with E-state index in [0.717, 1.165) is 51.4 Å². The molecule has 1 aliphatic rings. The Kier molecular flexibility index (Phi) is 13.1. The van der Waals surface area contributed by atoms with E-state index >= 15 is 0 Å². The zero-order valence-electron chi connectivity index (χ0n) is 15.6. The van der Waals surface area contributed by atoms with Crippen LogP contribution < -0.4 is 0 Å². The van der Waals surface area contributed by atoms with Crippen LogP contribution in [-0.4, -0.2) is 25.7 Å². The second kappa shape index (κ2) is 14.7. The summed E-state index contributed by atoms with van der Waals surface area (Å²) in [6, 6.07) is 0. The monoisotopic (exact) mass is 344 g/mol. The first kappa shape index (κ1) is 21.4. The van der Waals surface area contributed by atoms with Gasteiger partial charge in [-0.05, 0) is 19.3 Å². The van der Waals surface area contributed by atoms with Gasteiger partial charge in [0.15, 0.2) is 12.6 Å². The van der Waals surface area contributed by atoms with Crippen LogP contribution in [0.15, 0.2) is 0 Å². The lowest BCUT2D eigenvalue weighted by Gasteiger charge is -2.08. The molecular formula is C19H36O5. The number of hydrogen-bond donors (Lipinski definition) is 0. The van der Waals surface area contributed by atoms with Crippen LogP contribution >= 0.6 is 0 Å². The predicted molar refractivity (Wildman–Crippen MR) is 93.2 cm³/mol. The Morgan fingerprint density at radius 2 is 1.29 bits per heavy atom. The van der Waals surface area contributed by atoms with Crippen molar-refractivity contribution in [2.45, 2.75) is 109 Å². The summed E-state index contributed by atoms with van der Waals surface area (Å²) in [6.45, 7) is 2.24. The lowest BCUT2D eigenvalue weighted by molar-refractivity contribution is -0.298. The van der Waals surface area contributed by atoms with E-state index < -0.39 is 0 Å². The van der Waals surface area contributed by atoms with Gasteiger partial charge in [0.2, 0.25) is 0 Å². The smallest absolute Gasteiger partial charge is 0.305 e. The summed E-state index contributed by atoms with van der Waals surface area (Å²) in [6.07, 6.45) is 14.9. The number of carbonyl (C=O) groups is 1. The number of unbranched alkanes of at least 4 members (excludes halogenated alkanes) is 9. The summed E-state index contributed by atoms with van der Waals surface area (Å²) in [5, 5.41) is 0. The third-order valence-electron chi connectivity index (χ3n) is 4.42. The third-order valence-corrected chi connectivity index (χ3v) is 4.42. The van der Waals surface area contributed by atoms with Crippen LogP contribution in [-0.2, 0) is 24.0 Å². The van der Waals surface area contributed by atoms with Crippen molar-refractivity contribution in [2.75, 3.05) is 7.11 Å². The maximum absolute atomic E-state index is 11.0. The Morgan fingerprint density at radius 3 is 1.83 bits per heavy atom. The highest BCUT2D eigenvalue weighted by Gasteiger charge is 2.26. The molecule has 0 amide bonds. The molecule has 0 saturated carbocycles. The largest absolute Gasteiger partial charge is 0.469 e. The van der Waals surface area contributed by atoms with E-state index in [0.29, 0.717) is 6.42 Å². The molecule has 0 N–H and O–H groups in total. The summed E-state index contributed by atoms with van der Waals surface area (Å²) in [4.78, 5) is 21.5. The molecule has 5 heteroatoms. The van der Waals surface area contributed by atoms with Gasteiger partial charge in [-0.15, -0.1) is 0 Å². The van der Waals surface area contributed by atoms with Crippen molar-refractivity contribution < 1.29 is 24.0 Å². The molecule has 142 valence electrons. The van der Waals surface area contributed by atoms with Crippen LogP contribution in [0.4, 0.5) is 0 Å². The average molecular weight is 344 g/mol. The minimum atomic E-state index is -0.204. The molecule has 1 saturated heterocycles. The Bertz CT molecular complexity index is 308. The molecule has 0 spiro atoms. The first-order valence-corrected chi connectivity index (χ1v) is 9.80. The number of carbonyl (C=O) groups excluding carboxylic acids is 1. The molecule has 1 rings (SSSR count). The Morgan fingerprint density at radius 1 is 0.792 bits per heavy atom. The van der Waals surface area contributed by atoms with Gasteiger partial charge >= 0.3 is 5.97 Å². The molecule has 24 heavy (non-hydrogen) atoms. The van der Waals surface area contributed by atoms with Crippen LogP contribution in [0.2, 0.25) is 0 Å². The molecule has 0 aromatic carbocycles. The zero-order chi connectivity index (χ0) is 17.5. The minimum absolute atomic E-state index is 0.115. The van der Waals surface area contributed by atoms with E-state index in [-0.39, 0.29) is 18.5 Å². The van der Waals surface area contributed by atoms with Gasteiger partial charge in [-0.25, -0.2) is 9.78 Å². The lowest BCUT2D eigenvalue weighted by Crippen LogP contribution is -2.11. The molecule has 0 aromatic rings. The van der Waals surface area contributed by atoms with Gasteiger partial charge in [0.1, 0.15) is 0 Å². The highest BCUT2D eigenvalue weighted by molar-refractivity contribution is 5.68. The zero-order valence-corrected chi connectivity index (χ0v) is 15.6. The number of ether oxygens (including phenoxy) is 2. The molecule has 2 atom stereocenters. The third kappa shape index (κ3) is 11.0. The molecule has 0 bridgehead atoms. The molecule has 0 radical (unpaired) electrons. The molecule has 0 unspecified atom stereocenters. The summed E-state index contributed by atoms with van der Waals surface area (Å²) < 4.78 is 10.4. The van der Waals surface area contributed by atoms with E-state index in [1.807, 2.05) is 0 Å². The molecule has 1 heterocycles. The van der Waals surface area contributed by atoms with E-state index in [9.17, 15) is 4.79 Å². The molecule has 0 aromatic heterocycles. The normalized spacial score (nSPS) is 20.4. The van der Waals surface area contributed by atoms with Crippen molar-refractivity contribution in [3.05, 3.63) is 0 Å². The molecule has 1 fully saturated rings. The summed E-state index contributed by atoms with van der Waals surface area (Å²) in [5.74, 6) is -0.115. The van der Waals surface area contributed by atoms with Gasteiger partial charge in [0, 0.05) is 19.3 Å². The SMILES string of the molecule is CCCCCCCC[C@@H]1OO[C@H](CCCCCCCC(=O)OC)O1. The Labute approximate surface area is 147 Å². The maximum atomic E-state index is 11.0. The van der Waals surface area contributed by atoms with Gasteiger partial charge in [-0.1, -0.05) is 58.3 Å². The first-order chi connectivity index (χ1) is 11.8. The standard InChI is InChI=1S/C19H36O5/c1-3-4-5-6-9-12-15-18-22-19(24-23-18)16-13-10-7-8-11-14-17(20)21-2/h18-19H,3-16H2,1-2H3/t18-,19+/m0/s1. The van der Waals surface area contributed by atoms with E-state index in [1.54, 1.807) is 0 Å². The topological polar surface area (TPSA) is 54.0 Å². The van der Waals surface area contributed by atoms with Crippen LogP contribution in [0.3, 0.4) is 0 Å². The minimum Gasteiger partial charge on any atom is -0.469 e. The van der Waals surface area contributed by atoms with Crippen molar-refractivity contribution in [3.8, 4) is 0 Å². The first-order valence-electron chi connectivity index (χ1n) is 9.80. The molecule has 1 aliphatic heterocycles. The van der Waals surface area contributed by atoms with E-state index in [2.05, 4.69) is 11.7 Å². The van der Waals surface area contributed by atoms with Crippen molar-refractivity contribution in [2.24, 2.45) is 0 Å². The number of esters is 1. The Balaban J connectivity index is 1.87. The summed E-state index contributed by atoms with van der Waals surface area (Å²) in [5.41, 5.74) is 0. The second-order valence-electron chi connectivity index (χ2n) is 6.63. The number of methoxy groups -OCH3 is 1. The van der Waals surface area contributed by atoms with Crippen molar-refractivity contribution in [1.29, 1.82) is 0 Å². The average Bonchev–Trinajstić information content (AvgIpc) is 3.04. The van der Waals surface area contributed by atoms with Crippen LogP contribution in [0.1, 0.15) is 96.8 Å². The Hall–Kier alpha value is -0.650. The van der Waals surface area contributed by atoms with E-state index in [1.165, 1.54) is 39.2 Å². The maximum Gasteiger partial charge on any atom is 0.305 e. The van der Waals surface area contributed by atoms with Gasteiger partial charge in [0.25, 0.3) is 0 Å². The van der Waals surface area contributed by atoms with Crippen LogP contribution in [0, 0.1) is 0 Å². The summed E-state index contributed by atoms with van der Waals surface area (Å²) >= 11 is 0. The van der Waals surface area contributed by atoms with Crippen LogP contribution in [0.5, 0.6) is 0 Å². The quantitative estimate of drug-likeness (QED) is 0.230. The van der Waals surface area contributed by atoms with E-state index in [4.69, 9.17) is 14.5 Å². The fourth-order valence-electron chi connectivity index (χ4n) is 2.87. The van der Waals surface area contributed by atoms with Gasteiger partial charge < -0.3 is 9.47 Å². The number of rotatable bonds is 15. The van der Waals surface area contributed by atoms with Crippen LogP contribution in [0.25, 0.3) is 0 Å². The lowest BCUT2D eigenvalue weighted by atomic mass is 10.1. The summed E-state index contributed by atoms with van der Waals surface area (Å²) in [7, 11) is 1.44. The highest BCUT2D eigenvalue weighted by atomic mass is 17.3. The fraction of sp³-hybridized carbons (Fsp3) is 0.947. The molecule has 0 aliphatic carbocycles. The second-order valence-corrected chi connectivity index (χ2v) is 6.63. The number of hydrogen-bond acceptors (Lipinski definition) is 5. The van der Waals surface area contributed by atoms with Gasteiger partial charge in [-0.2, -0.15) is 0 Å². The molecule has 5 nitrogen and oxygen atoms in total. The molecular weight excluding hydrogens is 308 g/mol.